The molecule has 0 N–H and O–H groups in total. The summed E-state index contributed by atoms with van der Waals surface area (Å²) in [5, 5.41) is 5.82. The first-order valence-corrected chi connectivity index (χ1v) is 5.70. The van der Waals surface area contributed by atoms with Crippen molar-refractivity contribution in [2.75, 3.05) is 0 Å². The van der Waals surface area contributed by atoms with Crippen LogP contribution in [0.2, 0.25) is 5.02 Å². The average molecular weight is 227 g/mol. The molecule has 0 bridgehead atoms. The number of halogens is 1. The fraction of sp³-hybridized carbons (Fsp3) is 0.0667. The van der Waals surface area contributed by atoms with E-state index in [1.165, 1.54) is 21.5 Å². The summed E-state index contributed by atoms with van der Waals surface area (Å²) in [7, 11) is 0. The lowest BCUT2D eigenvalue weighted by Crippen LogP contribution is -1.79. The highest BCUT2D eigenvalue weighted by Crippen LogP contribution is 2.27. The van der Waals surface area contributed by atoms with Gasteiger partial charge in [-0.05, 0) is 58.3 Å². The van der Waals surface area contributed by atoms with E-state index < -0.39 is 0 Å². The Hall–Kier alpha value is -1.53. The molecule has 3 aromatic carbocycles. The van der Waals surface area contributed by atoms with Crippen LogP contribution in [0.15, 0.2) is 48.5 Å². The van der Waals surface area contributed by atoms with Crippen LogP contribution in [0.1, 0.15) is 5.56 Å². The molecular weight excluding hydrogens is 216 g/mol. The Labute approximate surface area is 99.5 Å². The monoisotopic (exact) mass is 226 g/mol. The molecule has 0 unspecified atom stereocenters. The highest BCUT2D eigenvalue weighted by molar-refractivity contribution is 6.32. The van der Waals surface area contributed by atoms with Crippen LogP contribution in [0.5, 0.6) is 0 Å². The molecular formula is C15H11Cl. The fourth-order valence-electron chi connectivity index (χ4n) is 2.08. The van der Waals surface area contributed by atoms with Gasteiger partial charge in [0.05, 0.1) is 0 Å². The molecule has 1 heteroatoms. The van der Waals surface area contributed by atoms with Crippen LogP contribution < -0.4 is 0 Å². The van der Waals surface area contributed by atoms with Gasteiger partial charge in [0.2, 0.25) is 0 Å². The molecule has 0 saturated heterocycles. The van der Waals surface area contributed by atoms with E-state index >= 15 is 0 Å². The first-order valence-electron chi connectivity index (χ1n) is 5.33. The van der Waals surface area contributed by atoms with Crippen molar-refractivity contribution in [2.24, 2.45) is 0 Å². The summed E-state index contributed by atoms with van der Waals surface area (Å²) in [6.45, 7) is 2.04. The molecule has 0 aliphatic heterocycles. The van der Waals surface area contributed by atoms with E-state index in [-0.39, 0.29) is 0 Å². The van der Waals surface area contributed by atoms with Crippen molar-refractivity contribution in [1.29, 1.82) is 0 Å². The molecule has 3 rings (SSSR count). The van der Waals surface area contributed by atoms with E-state index in [1.807, 2.05) is 13.0 Å². The van der Waals surface area contributed by atoms with Crippen LogP contribution in [-0.4, -0.2) is 0 Å². The standard InChI is InChI=1S/C15H11Cl/c1-10-6-13-7-11-4-2-3-5-12(11)8-14(13)9-15(10)16/h2-9H,1H3. The zero-order valence-electron chi connectivity index (χ0n) is 9.00. The van der Waals surface area contributed by atoms with E-state index in [1.54, 1.807) is 0 Å². The van der Waals surface area contributed by atoms with Crippen LogP contribution in [0.25, 0.3) is 21.5 Å². The summed E-state index contributed by atoms with van der Waals surface area (Å²) >= 11 is 6.14. The zero-order valence-corrected chi connectivity index (χ0v) is 9.75. The van der Waals surface area contributed by atoms with E-state index in [0.29, 0.717) is 0 Å². The average Bonchev–Trinajstić information content (AvgIpc) is 2.28. The second-order valence-corrected chi connectivity index (χ2v) is 4.56. The van der Waals surface area contributed by atoms with Gasteiger partial charge in [-0.1, -0.05) is 35.9 Å². The summed E-state index contributed by atoms with van der Waals surface area (Å²) < 4.78 is 0. The minimum Gasteiger partial charge on any atom is -0.0840 e. The van der Waals surface area contributed by atoms with E-state index in [2.05, 4.69) is 42.5 Å². The number of benzene rings is 3. The van der Waals surface area contributed by atoms with Gasteiger partial charge in [-0.2, -0.15) is 0 Å². The van der Waals surface area contributed by atoms with Crippen molar-refractivity contribution in [1.82, 2.24) is 0 Å². The van der Waals surface area contributed by atoms with Crippen molar-refractivity contribution in [3.63, 3.8) is 0 Å². The lowest BCUT2D eigenvalue weighted by molar-refractivity contribution is 1.51. The molecule has 0 atom stereocenters. The van der Waals surface area contributed by atoms with Gasteiger partial charge in [-0.15, -0.1) is 0 Å². The molecule has 0 fully saturated rings. The number of hydrogen-bond donors (Lipinski definition) is 0. The summed E-state index contributed by atoms with van der Waals surface area (Å²) in [5.41, 5.74) is 1.13. The van der Waals surface area contributed by atoms with E-state index in [0.717, 1.165) is 10.6 Å². The van der Waals surface area contributed by atoms with Gasteiger partial charge in [0.25, 0.3) is 0 Å². The third-order valence-corrected chi connectivity index (χ3v) is 3.39. The van der Waals surface area contributed by atoms with Gasteiger partial charge in [-0.25, -0.2) is 0 Å². The summed E-state index contributed by atoms with van der Waals surface area (Å²) in [4.78, 5) is 0. The molecule has 0 radical (unpaired) electrons. The number of fused-ring (bicyclic) bond motifs is 2. The van der Waals surface area contributed by atoms with E-state index in [9.17, 15) is 0 Å². The van der Waals surface area contributed by atoms with Gasteiger partial charge in [-0.3, -0.25) is 0 Å². The molecule has 0 amide bonds. The third-order valence-electron chi connectivity index (χ3n) is 2.98. The zero-order chi connectivity index (χ0) is 11.1. The molecule has 78 valence electrons. The Morgan fingerprint density at radius 3 is 1.94 bits per heavy atom. The predicted molar refractivity (Wildman–Crippen MR) is 71.2 cm³/mol. The Morgan fingerprint density at radius 1 is 0.750 bits per heavy atom. The predicted octanol–water partition coefficient (Wildman–Crippen LogP) is 4.95. The number of hydrogen-bond acceptors (Lipinski definition) is 0. The Morgan fingerprint density at radius 2 is 1.31 bits per heavy atom. The van der Waals surface area contributed by atoms with Crippen molar-refractivity contribution >= 4 is 33.1 Å². The summed E-state index contributed by atoms with van der Waals surface area (Å²) in [5.74, 6) is 0. The van der Waals surface area contributed by atoms with Gasteiger partial charge in [0, 0.05) is 5.02 Å². The number of rotatable bonds is 0. The summed E-state index contributed by atoms with van der Waals surface area (Å²) in [6.07, 6.45) is 0. The minimum absolute atomic E-state index is 0.836. The molecule has 0 aliphatic rings. The van der Waals surface area contributed by atoms with Gasteiger partial charge >= 0.3 is 0 Å². The Kier molecular flexibility index (Phi) is 2.12. The van der Waals surface area contributed by atoms with Gasteiger partial charge < -0.3 is 0 Å². The molecule has 0 nitrogen and oxygen atoms in total. The van der Waals surface area contributed by atoms with Crippen LogP contribution in [0, 0.1) is 6.92 Å². The van der Waals surface area contributed by atoms with Gasteiger partial charge in [0.15, 0.2) is 0 Å². The fourth-order valence-corrected chi connectivity index (χ4v) is 2.25. The Balaban J connectivity index is 2.46. The first-order chi connectivity index (χ1) is 7.74. The summed E-state index contributed by atoms with van der Waals surface area (Å²) in [6, 6.07) is 17.0. The highest BCUT2D eigenvalue weighted by Gasteiger charge is 2.01. The molecule has 0 aromatic heterocycles. The largest absolute Gasteiger partial charge is 0.0840 e. The smallest absolute Gasteiger partial charge is 0.0441 e. The van der Waals surface area contributed by atoms with Crippen LogP contribution in [0.4, 0.5) is 0 Å². The van der Waals surface area contributed by atoms with Crippen LogP contribution in [-0.2, 0) is 0 Å². The molecule has 0 spiro atoms. The van der Waals surface area contributed by atoms with Crippen molar-refractivity contribution in [3.8, 4) is 0 Å². The lowest BCUT2D eigenvalue weighted by Gasteiger charge is -2.05. The Bertz CT molecular complexity index is 623. The second kappa shape index (κ2) is 3.50. The maximum absolute atomic E-state index is 6.14. The highest BCUT2D eigenvalue weighted by atomic mass is 35.5. The SMILES string of the molecule is Cc1cc2cc3ccccc3cc2cc1Cl. The van der Waals surface area contributed by atoms with Crippen LogP contribution in [0.3, 0.4) is 0 Å². The molecule has 16 heavy (non-hydrogen) atoms. The normalized spacial score (nSPS) is 11.1. The first kappa shape index (κ1) is 9.68. The minimum atomic E-state index is 0.836. The van der Waals surface area contributed by atoms with Crippen molar-refractivity contribution < 1.29 is 0 Å². The van der Waals surface area contributed by atoms with Crippen LogP contribution >= 0.6 is 11.6 Å². The third kappa shape index (κ3) is 1.46. The maximum Gasteiger partial charge on any atom is 0.0441 e. The topological polar surface area (TPSA) is 0 Å². The van der Waals surface area contributed by atoms with E-state index in [4.69, 9.17) is 11.6 Å². The molecule has 3 aromatic rings. The van der Waals surface area contributed by atoms with Gasteiger partial charge in [0.1, 0.15) is 0 Å². The quantitative estimate of drug-likeness (QED) is 0.476. The lowest BCUT2D eigenvalue weighted by atomic mass is 10.0. The van der Waals surface area contributed by atoms with Crippen molar-refractivity contribution in [2.45, 2.75) is 6.92 Å². The second-order valence-electron chi connectivity index (χ2n) is 4.15. The maximum atomic E-state index is 6.14. The molecule has 0 saturated carbocycles. The number of aryl methyl sites for hydroxylation is 1. The molecule has 0 heterocycles. The molecule has 0 aliphatic carbocycles. The van der Waals surface area contributed by atoms with Crippen molar-refractivity contribution in [3.05, 3.63) is 59.1 Å².